The minimum absolute atomic E-state index is 0.441. The van der Waals surface area contributed by atoms with E-state index in [4.69, 9.17) is 25.8 Å². The first-order chi connectivity index (χ1) is 14.2. The highest BCUT2D eigenvalue weighted by atomic mass is 35.5. The van der Waals surface area contributed by atoms with E-state index in [1.54, 1.807) is 6.21 Å². The van der Waals surface area contributed by atoms with Gasteiger partial charge in [0.2, 0.25) is 0 Å². The summed E-state index contributed by atoms with van der Waals surface area (Å²) in [4.78, 5) is 4.52. The van der Waals surface area contributed by atoms with Crippen LogP contribution in [-0.4, -0.2) is 19.4 Å². The summed E-state index contributed by atoms with van der Waals surface area (Å²) in [6.07, 6.45) is 1.81. The van der Waals surface area contributed by atoms with Crippen molar-refractivity contribution in [3.8, 4) is 17.2 Å². The fourth-order valence-corrected chi connectivity index (χ4v) is 2.80. The first kappa shape index (κ1) is 20.7. The van der Waals surface area contributed by atoms with Crippen LogP contribution in [0.3, 0.4) is 0 Å². The zero-order valence-electron chi connectivity index (χ0n) is 16.6. The maximum absolute atomic E-state index is 5.94. The third-order valence-corrected chi connectivity index (χ3v) is 4.34. The standard InChI is InChI=1S/C24H24ClNO3/c1-3-27-22-12-10-21(11-13-22)26-16-19-7-14-23(24(15-19)28-4-2)29-17-18-5-8-20(25)9-6-18/h5-16H,3-4,17H2,1-2H3. The Morgan fingerprint density at radius 3 is 2.21 bits per heavy atom. The summed E-state index contributed by atoms with van der Waals surface area (Å²) in [6.45, 7) is 5.55. The van der Waals surface area contributed by atoms with Gasteiger partial charge in [0.1, 0.15) is 12.4 Å². The molecule has 0 radical (unpaired) electrons. The number of benzene rings is 3. The second-order valence-electron chi connectivity index (χ2n) is 6.24. The number of nitrogens with zero attached hydrogens (tertiary/aromatic N) is 1. The van der Waals surface area contributed by atoms with Gasteiger partial charge in [-0.1, -0.05) is 23.7 Å². The van der Waals surface area contributed by atoms with Crippen LogP contribution >= 0.6 is 11.6 Å². The maximum atomic E-state index is 5.94. The molecule has 0 unspecified atom stereocenters. The average Bonchev–Trinajstić information content (AvgIpc) is 2.74. The number of hydrogen-bond acceptors (Lipinski definition) is 4. The lowest BCUT2D eigenvalue weighted by Crippen LogP contribution is -2.00. The molecule has 0 aliphatic heterocycles. The van der Waals surface area contributed by atoms with E-state index < -0.39 is 0 Å². The Hall–Kier alpha value is -2.98. The van der Waals surface area contributed by atoms with Crippen LogP contribution < -0.4 is 14.2 Å². The van der Waals surface area contributed by atoms with E-state index >= 15 is 0 Å². The molecule has 5 heteroatoms. The molecular formula is C24H24ClNO3. The molecule has 0 aromatic heterocycles. The van der Waals surface area contributed by atoms with Crippen molar-refractivity contribution in [2.24, 2.45) is 4.99 Å². The Morgan fingerprint density at radius 1 is 0.793 bits per heavy atom. The summed E-state index contributed by atoms with van der Waals surface area (Å²) in [5.41, 5.74) is 2.83. The molecule has 0 spiro atoms. The molecule has 3 aromatic rings. The predicted molar refractivity (Wildman–Crippen MR) is 118 cm³/mol. The van der Waals surface area contributed by atoms with E-state index in [0.29, 0.717) is 36.3 Å². The van der Waals surface area contributed by atoms with Crippen LogP contribution in [0.2, 0.25) is 5.02 Å². The molecule has 0 atom stereocenters. The number of ether oxygens (including phenoxy) is 3. The fraction of sp³-hybridized carbons (Fsp3) is 0.208. The predicted octanol–water partition coefficient (Wildman–Crippen LogP) is 6.47. The van der Waals surface area contributed by atoms with Crippen LogP contribution in [0.1, 0.15) is 25.0 Å². The SMILES string of the molecule is CCOc1ccc(N=Cc2ccc(OCc3ccc(Cl)cc3)c(OCC)c2)cc1. The molecule has 0 heterocycles. The van der Waals surface area contributed by atoms with Crippen LogP contribution in [-0.2, 0) is 6.61 Å². The third kappa shape index (κ3) is 6.26. The van der Waals surface area contributed by atoms with E-state index in [2.05, 4.69) is 4.99 Å². The van der Waals surface area contributed by atoms with Crippen LogP contribution in [0.5, 0.6) is 17.2 Å². The highest BCUT2D eigenvalue weighted by Gasteiger charge is 2.07. The Morgan fingerprint density at radius 2 is 1.52 bits per heavy atom. The molecular weight excluding hydrogens is 386 g/mol. The average molecular weight is 410 g/mol. The van der Waals surface area contributed by atoms with Gasteiger partial charge in [0.15, 0.2) is 11.5 Å². The summed E-state index contributed by atoms with van der Waals surface area (Å²) >= 11 is 5.93. The molecule has 0 aliphatic carbocycles. The normalized spacial score (nSPS) is 10.9. The van der Waals surface area contributed by atoms with Gasteiger partial charge in [-0.2, -0.15) is 0 Å². The second-order valence-corrected chi connectivity index (χ2v) is 6.68. The highest BCUT2D eigenvalue weighted by molar-refractivity contribution is 6.30. The van der Waals surface area contributed by atoms with Gasteiger partial charge in [-0.15, -0.1) is 0 Å². The smallest absolute Gasteiger partial charge is 0.161 e. The van der Waals surface area contributed by atoms with Gasteiger partial charge in [-0.25, -0.2) is 0 Å². The summed E-state index contributed by atoms with van der Waals surface area (Å²) in [7, 11) is 0. The van der Waals surface area contributed by atoms with Crippen molar-refractivity contribution in [1.29, 1.82) is 0 Å². The Bertz CT molecular complexity index is 937. The molecule has 3 rings (SSSR count). The molecule has 150 valence electrons. The van der Waals surface area contributed by atoms with Gasteiger partial charge in [0.25, 0.3) is 0 Å². The summed E-state index contributed by atoms with van der Waals surface area (Å²) < 4.78 is 17.1. The Labute approximate surface area is 176 Å². The van der Waals surface area contributed by atoms with Crippen molar-refractivity contribution in [2.75, 3.05) is 13.2 Å². The van der Waals surface area contributed by atoms with Crippen LogP contribution in [0.25, 0.3) is 0 Å². The number of aliphatic imine (C=N–C) groups is 1. The second kappa shape index (κ2) is 10.5. The summed E-state index contributed by atoms with van der Waals surface area (Å²) in [6, 6.07) is 21.1. The van der Waals surface area contributed by atoms with Gasteiger partial charge in [0.05, 0.1) is 18.9 Å². The zero-order chi connectivity index (χ0) is 20.5. The lowest BCUT2D eigenvalue weighted by Gasteiger charge is -2.12. The van der Waals surface area contributed by atoms with Gasteiger partial charge in [-0.05, 0) is 79.6 Å². The zero-order valence-corrected chi connectivity index (χ0v) is 17.4. The van der Waals surface area contributed by atoms with E-state index in [1.807, 2.05) is 80.6 Å². The van der Waals surface area contributed by atoms with E-state index in [9.17, 15) is 0 Å². The molecule has 4 nitrogen and oxygen atoms in total. The van der Waals surface area contributed by atoms with Crippen molar-refractivity contribution in [3.05, 3.63) is 82.9 Å². The van der Waals surface area contributed by atoms with E-state index in [1.165, 1.54) is 0 Å². The molecule has 0 bridgehead atoms. The largest absolute Gasteiger partial charge is 0.494 e. The molecule has 0 saturated carbocycles. The van der Waals surface area contributed by atoms with Crippen LogP contribution in [0.15, 0.2) is 71.7 Å². The van der Waals surface area contributed by atoms with Crippen LogP contribution in [0.4, 0.5) is 5.69 Å². The van der Waals surface area contributed by atoms with Crippen LogP contribution in [0, 0.1) is 0 Å². The number of hydrogen-bond donors (Lipinski definition) is 0. The van der Waals surface area contributed by atoms with E-state index in [0.717, 1.165) is 22.6 Å². The van der Waals surface area contributed by atoms with Gasteiger partial charge < -0.3 is 14.2 Å². The van der Waals surface area contributed by atoms with Crippen molar-refractivity contribution in [3.63, 3.8) is 0 Å². The molecule has 29 heavy (non-hydrogen) atoms. The molecule has 0 aliphatic rings. The Kier molecular flexibility index (Phi) is 7.54. The fourth-order valence-electron chi connectivity index (χ4n) is 2.68. The number of halogens is 1. The summed E-state index contributed by atoms with van der Waals surface area (Å²) in [5.74, 6) is 2.23. The molecule has 3 aromatic carbocycles. The first-order valence-corrected chi connectivity index (χ1v) is 9.96. The quantitative estimate of drug-likeness (QED) is 0.380. The van der Waals surface area contributed by atoms with E-state index in [-0.39, 0.29) is 0 Å². The molecule has 0 saturated heterocycles. The lowest BCUT2D eigenvalue weighted by molar-refractivity contribution is 0.269. The first-order valence-electron chi connectivity index (χ1n) is 9.59. The van der Waals surface area contributed by atoms with Crippen molar-refractivity contribution < 1.29 is 14.2 Å². The number of rotatable bonds is 9. The van der Waals surface area contributed by atoms with Gasteiger partial charge in [-0.3, -0.25) is 4.99 Å². The van der Waals surface area contributed by atoms with Crippen molar-refractivity contribution in [2.45, 2.75) is 20.5 Å². The molecule has 0 N–H and O–H groups in total. The summed E-state index contributed by atoms with van der Waals surface area (Å²) in [5, 5.41) is 0.708. The van der Waals surface area contributed by atoms with Crippen molar-refractivity contribution in [1.82, 2.24) is 0 Å². The minimum atomic E-state index is 0.441. The molecule has 0 fully saturated rings. The highest BCUT2D eigenvalue weighted by Crippen LogP contribution is 2.29. The lowest BCUT2D eigenvalue weighted by atomic mass is 10.2. The van der Waals surface area contributed by atoms with Crippen molar-refractivity contribution >= 4 is 23.5 Å². The maximum Gasteiger partial charge on any atom is 0.161 e. The third-order valence-electron chi connectivity index (χ3n) is 4.09. The minimum Gasteiger partial charge on any atom is -0.494 e. The van der Waals surface area contributed by atoms with Gasteiger partial charge >= 0.3 is 0 Å². The Balaban J connectivity index is 1.70. The molecule has 0 amide bonds. The monoisotopic (exact) mass is 409 g/mol. The topological polar surface area (TPSA) is 40.0 Å². The van der Waals surface area contributed by atoms with Gasteiger partial charge in [0, 0.05) is 11.2 Å².